The number of ether oxygens (including phenoxy) is 1. The normalized spacial score (nSPS) is 22.6. The van der Waals surface area contributed by atoms with E-state index in [0.717, 1.165) is 28.8 Å². The van der Waals surface area contributed by atoms with E-state index in [1.54, 1.807) is 23.5 Å². The minimum Gasteiger partial charge on any atom is -0.480 e. The Morgan fingerprint density at radius 3 is 2.90 bits per heavy atom. The predicted octanol–water partition coefficient (Wildman–Crippen LogP) is 6.69. The van der Waals surface area contributed by atoms with E-state index in [4.69, 9.17) is 25.4 Å². The first-order valence-corrected chi connectivity index (χ1v) is 12.8. The number of fused-ring (bicyclic) bond motifs is 3. The van der Waals surface area contributed by atoms with E-state index >= 15 is 0 Å². The average Bonchev–Trinajstić information content (AvgIpc) is 3.32. The number of aryl methyl sites for hydroxylation is 1. The van der Waals surface area contributed by atoms with Gasteiger partial charge in [-0.1, -0.05) is 23.7 Å². The summed E-state index contributed by atoms with van der Waals surface area (Å²) in [5.74, 6) is 0.689. The van der Waals surface area contributed by atoms with Gasteiger partial charge in [0, 0.05) is 28.3 Å². The Balaban J connectivity index is 1.39. The van der Waals surface area contributed by atoms with Gasteiger partial charge in [-0.05, 0) is 54.3 Å². The zero-order chi connectivity index (χ0) is 20.9. The maximum atomic E-state index is 13.3. The van der Waals surface area contributed by atoms with Crippen LogP contribution in [0.3, 0.4) is 0 Å². The molecule has 156 valence electrons. The second kappa shape index (κ2) is 7.77. The molecule has 0 spiro atoms. The molecule has 0 saturated carbocycles. The molecule has 0 unspecified atom stereocenters. The Kier molecular flexibility index (Phi) is 5.24. The van der Waals surface area contributed by atoms with Gasteiger partial charge in [0.25, 0.3) is 0 Å². The van der Waals surface area contributed by atoms with Crippen LogP contribution < -0.4 is 4.74 Å². The van der Waals surface area contributed by atoms with Gasteiger partial charge < -0.3 is 9.26 Å². The van der Waals surface area contributed by atoms with E-state index < -0.39 is 7.60 Å². The second-order valence-electron chi connectivity index (χ2n) is 7.62. The lowest BCUT2D eigenvalue weighted by Crippen LogP contribution is -2.17. The Morgan fingerprint density at radius 1 is 1.30 bits per heavy atom. The smallest absolute Gasteiger partial charge is 0.368 e. The predicted molar refractivity (Wildman–Crippen MR) is 119 cm³/mol. The lowest BCUT2D eigenvalue weighted by molar-refractivity contribution is 0.0726. The second-order valence-corrected chi connectivity index (χ2v) is 10.9. The van der Waals surface area contributed by atoms with E-state index in [9.17, 15) is 4.57 Å². The number of hydrogen-bond donors (Lipinski definition) is 0. The van der Waals surface area contributed by atoms with Gasteiger partial charge >= 0.3 is 7.60 Å². The molecule has 2 heterocycles. The molecule has 2 atom stereocenters. The van der Waals surface area contributed by atoms with Crippen LogP contribution in [-0.4, -0.2) is 17.9 Å². The molecule has 2 aliphatic rings. The first kappa shape index (κ1) is 20.2. The van der Waals surface area contributed by atoms with Crippen molar-refractivity contribution in [3.63, 3.8) is 0 Å². The standard InChI is InChI=1S/C22H21ClNO4PS/c1-13-9-19(21-17(14(13)2)10-20-22(21)24-11-30-20)26-12-29(25)27-8-7-18(28-29)15-3-5-16(23)6-4-15/h3-6,9,11,18H,7-8,10,12H2,1-2H3/t18-,29-/m0/s1. The van der Waals surface area contributed by atoms with Crippen LogP contribution in [0.25, 0.3) is 11.3 Å². The molecule has 5 nitrogen and oxygen atoms in total. The van der Waals surface area contributed by atoms with Crippen LogP contribution in [-0.2, 0) is 20.0 Å². The number of halogens is 1. The lowest BCUT2D eigenvalue weighted by atomic mass is 9.98. The number of benzene rings is 2. The molecule has 5 rings (SSSR count). The maximum absolute atomic E-state index is 13.3. The minimum atomic E-state index is -3.41. The highest BCUT2D eigenvalue weighted by atomic mass is 35.5. The zero-order valence-electron chi connectivity index (χ0n) is 16.7. The summed E-state index contributed by atoms with van der Waals surface area (Å²) in [6, 6.07) is 9.39. The van der Waals surface area contributed by atoms with E-state index in [-0.39, 0.29) is 12.5 Å². The molecule has 8 heteroatoms. The molecule has 1 fully saturated rings. The van der Waals surface area contributed by atoms with E-state index in [1.165, 1.54) is 16.0 Å². The number of aromatic nitrogens is 1. The summed E-state index contributed by atoms with van der Waals surface area (Å²) in [7, 11) is -3.41. The van der Waals surface area contributed by atoms with Gasteiger partial charge in [-0.25, -0.2) is 4.98 Å². The number of rotatable bonds is 4. The number of nitrogens with zero attached hydrogens (tertiary/aromatic N) is 1. The summed E-state index contributed by atoms with van der Waals surface area (Å²) in [4.78, 5) is 5.78. The van der Waals surface area contributed by atoms with Crippen LogP contribution in [0.5, 0.6) is 5.75 Å². The van der Waals surface area contributed by atoms with Gasteiger partial charge in [-0.15, -0.1) is 11.3 Å². The Bertz CT molecular complexity index is 1160. The van der Waals surface area contributed by atoms with Crippen LogP contribution in [0.4, 0.5) is 0 Å². The fraction of sp³-hybridized carbons (Fsp3) is 0.318. The average molecular weight is 462 g/mol. The molecule has 0 radical (unpaired) electrons. The van der Waals surface area contributed by atoms with Crippen molar-refractivity contribution in [2.45, 2.75) is 32.8 Å². The summed E-state index contributed by atoms with van der Waals surface area (Å²) >= 11 is 7.63. The quantitative estimate of drug-likeness (QED) is 0.317. The fourth-order valence-electron chi connectivity index (χ4n) is 4.00. The minimum absolute atomic E-state index is 0.133. The van der Waals surface area contributed by atoms with Crippen LogP contribution in [0, 0.1) is 13.8 Å². The molecule has 1 aliphatic carbocycles. The SMILES string of the molecule is Cc1cc(OC[P@]2(=O)OCC[C@@H](c3ccc(Cl)cc3)O2)c2c(c1C)Cc1scnc1-2. The Morgan fingerprint density at radius 2 is 2.10 bits per heavy atom. The van der Waals surface area contributed by atoms with Crippen molar-refractivity contribution in [1.29, 1.82) is 0 Å². The molecule has 1 saturated heterocycles. The third kappa shape index (κ3) is 3.61. The monoisotopic (exact) mass is 461 g/mol. The highest BCUT2D eigenvalue weighted by molar-refractivity contribution is 7.53. The van der Waals surface area contributed by atoms with Crippen LogP contribution in [0.15, 0.2) is 35.8 Å². The van der Waals surface area contributed by atoms with E-state index in [1.807, 2.05) is 23.7 Å². The summed E-state index contributed by atoms with van der Waals surface area (Å²) in [6.45, 7) is 4.55. The number of thiazole rings is 1. The molecule has 30 heavy (non-hydrogen) atoms. The van der Waals surface area contributed by atoms with Crippen molar-refractivity contribution in [3.8, 4) is 17.0 Å². The van der Waals surface area contributed by atoms with Crippen LogP contribution in [0.1, 0.15) is 39.7 Å². The molecule has 1 aromatic heterocycles. The van der Waals surface area contributed by atoms with Gasteiger partial charge in [-0.3, -0.25) is 9.09 Å². The summed E-state index contributed by atoms with van der Waals surface area (Å²) in [5, 5.41) is 0.655. The van der Waals surface area contributed by atoms with Crippen molar-refractivity contribution in [3.05, 3.63) is 68.0 Å². The summed E-state index contributed by atoms with van der Waals surface area (Å²) in [5.41, 5.74) is 8.40. The fourth-order valence-corrected chi connectivity index (χ4v) is 6.40. The number of hydrogen-bond acceptors (Lipinski definition) is 6. The summed E-state index contributed by atoms with van der Waals surface area (Å²) < 4.78 is 30.8. The highest BCUT2D eigenvalue weighted by Crippen LogP contribution is 2.56. The molecule has 3 aromatic rings. The Labute approximate surface area is 184 Å². The topological polar surface area (TPSA) is 57.7 Å². The Hall–Kier alpha value is -1.69. The molecular weight excluding hydrogens is 441 g/mol. The molecule has 0 amide bonds. The molecule has 0 N–H and O–H groups in total. The van der Waals surface area contributed by atoms with Gasteiger partial charge in [0.05, 0.1) is 23.9 Å². The van der Waals surface area contributed by atoms with Crippen molar-refractivity contribution in [2.75, 3.05) is 13.0 Å². The lowest BCUT2D eigenvalue weighted by Gasteiger charge is -2.30. The van der Waals surface area contributed by atoms with Gasteiger partial charge in [-0.2, -0.15) is 0 Å². The summed E-state index contributed by atoms with van der Waals surface area (Å²) in [6.07, 6.45) is 1.06. The van der Waals surface area contributed by atoms with Crippen LogP contribution >= 0.6 is 30.5 Å². The van der Waals surface area contributed by atoms with Crippen molar-refractivity contribution < 1.29 is 18.3 Å². The third-order valence-corrected chi connectivity index (χ3v) is 8.41. The molecule has 0 bridgehead atoms. The highest BCUT2D eigenvalue weighted by Gasteiger charge is 2.36. The molecule has 1 aliphatic heterocycles. The van der Waals surface area contributed by atoms with Crippen molar-refractivity contribution in [2.24, 2.45) is 0 Å². The van der Waals surface area contributed by atoms with Crippen molar-refractivity contribution >= 4 is 30.5 Å². The van der Waals surface area contributed by atoms with Crippen LogP contribution in [0.2, 0.25) is 5.02 Å². The largest absolute Gasteiger partial charge is 0.480 e. The van der Waals surface area contributed by atoms with Gasteiger partial charge in [0.1, 0.15) is 5.75 Å². The molecular formula is C22H21ClNO4PS. The van der Waals surface area contributed by atoms with Crippen molar-refractivity contribution in [1.82, 2.24) is 4.98 Å². The van der Waals surface area contributed by atoms with Gasteiger partial charge in [0.2, 0.25) is 0 Å². The van der Waals surface area contributed by atoms with E-state index in [0.29, 0.717) is 23.8 Å². The van der Waals surface area contributed by atoms with Gasteiger partial charge in [0.15, 0.2) is 6.35 Å². The molecule has 2 aromatic carbocycles. The first-order chi connectivity index (χ1) is 14.4. The van der Waals surface area contributed by atoms with E-state index in [2.05, 4.69) is 18.8 Å². The first-order valence-electron chi connectivity index (χ1n) is 9.79. The zero-order valence-corrected chi connectivity index (χ0v) is 19.2. The third-order valence-electron chi connectivity index (χ3n) is 5.73. The maximum Gasteiger partial charge on any atom is 0.368 e.